The van der Waals surface area contributed by atoms with Crippen molar-refractivity contribution in [1.29, 1.82) is 0 Å². The number of benzene rings is 9. The molecular weight excluding hydrogens is 709 g/mol. The van der Waals surface area contributed by atoms with Crippen molar-refractivity contribution in [2.24, 2.45) is 0 Å². The molecule has 0 spiro atoms. The fourth-order valence-corrected chi connectivity index (χ4v) is 9.46. The molecule has 57 heavy (non-hydrogen) atoms. The van der Waals surface area contributed by atoms with Gasteiger partial charge in [-0.1, -0.05) is 164 Å². The van der Waals surface area contributed by atoms with Gasteiger partial charge in [0.15, 0.2) is 5.82 Å². The predicted molar refractivity (Wildman–Crippen MR) is 243 cm³/mol. The summed E-state index contributed by atoms with van der Waals surface area (Å²) in [5.41, 5.74) is 11.9. The van der Waals surface area contributed by atoms with Gasteiger partial charge < -0.3 is 0 Å². The smallest absolute Gasteiger partial charge is 0.160 e. The third kappa shape index (κ3) is 6.06. The van der Waals surface area contributed by atoms with Gasteiger partial charge in [0.1, 0.15) is 0 Å². The first-order valence-corrected chi connectivity index (χ1v) is 20.1. The molecule has 0 bridgehead atoms. The van der Waals surface area contributed by atoms with Crippen LogP contribution in [0.3, 0.4) is 0 Å². The summed E-state index contributed by atoms with van der Waals surface area (Å²) in [6.45, 7) is 0. The Kier molecular flexibility index (Phi) is 8.04. The highest BCUT2D eigenvalue weighted by Gasteiger charge is 2.17. The second kappa shape index (κ2) is 13.8. The molecule has 0 aliphatic heterocycles. The van der Waals surface area contributed by atoms with Gasteiger partial charge in [-0.25, -0.2) is 9.97 Å². The lowest BCUT2D eigenvalue weighted by Crippen LogP contribution is -1.97. The van der Waals surface area contributed by atoms with Crippen molar-refractivity contribution in [3.63, 3.8) is 0 Å². The highest BCUT2D eigenvalue weighted by molar-refractivity contribution is 7.26. The topological polar surface area (TPSA) is 25.8 Å². The predicted octanol–water partition coefficient (Wildman–Crippen LogP) is 15.2. The minimum atomic E-state index is 0.697. The summed E-state index contributed by atoms with van der Waals surface area (Å²) in [6.07, 6.45) is 0. The van der Waals surface area contributed by atoms with E-state index in [9.17, 15) is 0 Å². The van der Waals surface area contributed by atoms with Crippen LogP contribution < -0.4 is 0 Å². The van der Waals surface area contributed by atoms with E-state index in [1.54, 1.807) is 0 Å². The summed E-state index contributed by atoms with van der Waals surface area (Å²) in [4.78, 5) is 10.6. The van der Waals surface area contributed by atoms with Crippen LogP contribution in [-0.4, -0.2) is 9.97 Å². The lowest BCUT2D eigenvalue weighted by atomic mass is 9.92. The zero-order valence-electron chi connectivity index (χ0n) is 30.9. The number of hydrogen-bond acceptors (Lipinski definition) is 3. The van der Waals surface area contributed by atoms with E-state index in [4.69, 9.17) is 9.97 Å². The average Bonchev–Trinajstić information content (AvgIpc) is 3.68. The highest BCUT2D eigenvalue weighted by Crippen LogP contribution is 2.43. The van der Waals surface area contributed by atoms with Gasteiger partial charge >= 0.3 is 0 Å². The lowest BCUT2D eigenvalue weighted by Gasteiger charge is -2.14. The van der Waals surface area contributed by atoms with Gasteiger partial charge in [-0.2, -0.15) is 0 Å². The molecule has 11 rings (SSSR count). The summed E-state index contributed by atoms with van der Waals surface area (Å²) < 4.78 is 2.59. The molecule has 2 heterocycles. The Morgan fingerprint density at radius 1 is 0.298 bits per heavy atom. The van der Waals surface area contributed by atoms with Gasteiger partial charge in [0, 0.05) is 36.9 Å². The summed E-state index contributed by atoms with van der Waals surface area (Å²) in [7, 11) is 0. The first kappa shape index (κ1) is 33.2. The zero-order valence-corrected chi connectivity index (χ0v) is 31.7. The van der Waals surface area contributed by atoms with Gasteiger partial charge in [-0.05, 0) is 97.4 Å². The maximum Gasteiger partial charge on any atom is 0.160 e. The molecule has 266 valence electrons. The minimum absolute atomic E-state index is 0.697. The maximum atomic E-state index is 5.33. The van der Waals surface area contributed by atoms with E-state index < -0.39 is 0 Å². The molecule has 0 saturated heterocycles. The van der Waals surface area contributed by atoms with E-state index in [2.05, 4.69) is 200 Å². The monoisotopic (exact) mass is 742 g/mol. The quantitative estimate of drug-likeness (QED) is 0.170. The summed E-state index contributed by atoms with van der Waals surface area (Å²) >= 11 is 1.86. The van der Waals surface area contributed by atoms with E-state index in [1.165, 1.54) is 58.4 Å². The van der Waals surface area contributed by atoms with Crippen molar-refractivity contribution < 1.29 is 0 Å². The van der Waals surface area contributed by atoms with Crippen LogP contribution in [0.4, 0.5) is 0 Å². The molecule has 0 saturated carbocycles. The Hall–Kier alpha value is -7.20. The van der Waals surface area contributed by atoms with Crippen LogP contribution in [0.15, 0.2) is 206 Å². The van der Waals surface area contributed by atoms with Crippen molar-refractivity contribution in [1.82, 2.24) is 9.97 Å². The zero-order chi connectivity index (χ0) is 37.7. The number of nitrogens with zero attached hydrogens (tertiary/aromatic N) is 2. The molecule has 0 atom stereocenters. The maximum absolute atomic E-state index is 5.33. The largest absolute Gasteiger partial charge is 0.228 e. The summed E-state index contributed by atoms with van der Waals surface area (Å²) in [5.74, 6) is 0.697. The van der Waals surface area contributed by atoms with Gasteiger partial charge in [0.25, 0.3) is 0 Å². The molecule has 0 radical (unpaired) electrons. The fraction of sp³-hybridized carbons (Fsp3) is 0. The van der Waals surface area contributed by atoms with E-state index in [0.29, 0.717) is 5.82 Å². The molecule has 3 heteroatoms. The Bertz CT molecular complexity index is 3300. The van der Waals surface area contributed by atoms with Crippen LogP contribution in [0, 0.1) is 0 Å². The van der Waals surface area contributed by atoms with Crippen LogP contribution in [0.5, 0.6) is 0 Å². The molecule has 9 aromatic carbocycles. The third-order valence-corrected chi connectivity index (χ3v) is 12.3. The Labute approximate surface area is 335 Å². The van der Waals surface area contributed by atoms with Crippen LogP contribution in [-0.2, 0) is 0 Å². The number of rotatable bonds is 6. The standard InChI is InChI=1S/C54H34N2S/c1-2-15-37(16-3-1)54-55-50(41-20-10-19-40(30-41)46-23-11-18-36-14-6-7-21-45(36)46)34-51(56-54)44-32-42(39-28-27-35-13-4-5-17-38(35)29-39)31-43(33-44)47-24-12-25-49-48-22-8-9-26-52(48)57-53(47)49/h1-34H. The van der Waals surface area contributed by atoms with Crippen molar-refractivity contribution in [2.75, 3.05) is 0 Å². The molecule has 11 aromatic rings. The van der Waals surface area contributed by atoms with E-state index in [0.717, 1.165) is 44.8 Å². The SMILES string of the molecule is c1ccc(-c2nc(-c3cccc(-c4cccc5ccccc45)c3)cc(-c3cc(-c4ccc5ccccc5c4)cc(-c4cccc5c4sc4ccccc45)c3)n2)cc1. The molecule has 0 aliphatic rings. The molecular formula is C54H34N2S. The van der Waals surface area contributed by atoms with Crippen molar-refractivity contribution >= 4 is 53.1 Å². The first-order valence-electron chi connectivity index (χ1n) is 19.3. The second-order valence-electron chi connectivity index (χ2n) is 14.6. The van der Waals surface area contributed by atoms with E-state index in [1.807, 2.05) is 17.4 Å². The third-order valence-electron chi connectivity index (χ3n) is 11.0. The van der Waals surface area contributed by atoms with Gasteiger partial charge in [0.05, 0.1) is 11.4 Å². The van der Waals surface area contributed by atoms with Crippen molar-refractivity contribution in [2.45, 2.75) is 0 Å². The minimum Gasteiger partial charge on any atom is -0.228 e. The molecule has 0 aliphatic carbocycles. The van der Waals surface area contributed by atoms with Crippen molar-refractivity contribution in [3.05, 3.63) is 206 Å². The number of hydrogen-bond donors (Lipinski definition) is 0. The number of thiophene rings is 1. The number of fused-ring (bicyclic) bond motifs is 5. The Morgan fingerprint density at radius 2 is 0.895 bits per heavy atom. The van der Waals surface area contributed by atoms with Gasteiger partial charge in [-0.15, -0.1) is 11.3 Å². The van der Waals surface area contributed by atoms with Crippen molar-refractivity contribution in [3.8, 4) is 67.3 Å². The lowest BCUT2D eigenvalue weighted by molar-refractivity contribution is 1.18. The Balaban J connectivity index is 1.13. The molecule has 2 nitrogen and oxygen atoms in total. The van der Waals surface area contributed by atoms with E-state index in [-0.39, 0.29) is 0 Å². The van der Waals surface area contributed by atoms with E-state index >= 15 is 0 Å². The number of aromatic nitrogens is 2. The average molecular weight is 743 g/mol. The molecule has 0 fully saturated rings. The van der Waals surface area contributed by atoms with Crippen LogP contribution in [0.1, 0.15) is 0 Å². The molecule has 2 aromatic heterocycles. The van der Waals surface area contributed by atoms with Crippen LogP contribution in [0.25, 0.3) is 109 Å². The first-order chi connectivity index (χ1) is 28.2. The normalized spacial score (nSPS) is 11.5. The Morgan fingerprint density at radius 3 is 1.79 bits per heavy atom. The summed E-state index contributed by atoms with van der Waals surface area (Å²) in [6, 6.07) is 74.1. The molecule has 0 amide bonds. The fourth-order valence-electron chi connectivity index (χ4n) is 8.22. The van der Waals surface area contributed by atoms with Gasteiger partial charge in [0.2, 0.25) is 0 Å². The van der Waals surface area contributed by atoms with Gasteiger partial charge in [-0.3, -0.25) is 0 Å². The summed E-state index contributed by atoms with van der Waals surface area (Å²) in [5, 5.41) is 7.49. The molecule has 0 N–H and O–H groups in total. The van der Waals surface area contributed by atoms with Crippen LogP contribution >= 0.6 is 11.3 Å². The second-order valence-corrected chi connectivity index (χ2v) is 15.6. The highest BCUT2D eigenvalue weighted by atomic mass is 32.1. The molecule has 0 unspecified atom stereocenters. The van der Waals surface area contributed by atoms with Crippen LogP contribution in [0.2, 0.25) is 0 Å².